The number of alkyl halides is 3. The Morgan fingerprint density at radius 3 is 2.22 bits per heavy atom. The fraction of sp³-hybridized carbons (Fsp3) is 0.538. The van der Waals surface area contributed by atoms with Gasteiger partial charge in [-0.25, -0.2) is 0 Å². The summed E-state index contributed by atoms with van der Waals surface area (Å²) >= 11 is 0. The molecule has 0 spiro atoms. The molecule has 0 aliphatic carbocycles. The van der Waals surface area contributed by atoms with E-state index in [2.05, 4.69) is 4.74 Å². The van der Waals surface area contributed by atoms with E-state index in [1.165, 1.54) is 12.1 Å². The standard InChI is InChI=1S/C13H18F3NO/c1-12(2,3)8-10(17)9-6-4-5-7-11(9)18-13(14,15)16/h4-7,10H,8,17H2,1-3H3. The first-order valence-corrected chi connectivity index (χ1v) is 5.69. The maximum Gasteiger partial charge on any atom is 0.573 e. The maximum absolute atomic E-state index is 12.3. The molecule has 0 aliphatic heterocycles. The molecule has 0 saturated heterocycles. The van der Waals surface area contributed by atoms with Gasteiger partial charge in [0.05, 0.1) is 0 Å². The predicted molar refractivity (Wildman–Crippen MR) is 64.1 cm³/mol. The van der Waals surface area contributed by atoms with Crippen molar-refractivity contribution >= 4 is 0 Å². The highest BCUT2D eigenvalue weighted by Crippen LogP contribution is 2.34. The summed E-state index contributed by atoms with van der Waals surface area (Å²) in [6, 6.07) is 5.52. The molecule has 2 N–H and O–H groups in total. The van der Waals surface area contributed by atoms with Crippen LogP contribution in [0.4, 0.5) is 13.2 Å². The van der Waals surface area contributed by atoms with Crippen molar-refractivity contribution in [3.05, 3.63) is 29.8 Å². The Labute approximate surface area is 105 Å². The van der Waals surface area contributed by atoms with E-state index in [0.29, 0.717) is 12.0 Å². The zero-order valence-corrected chi connectivity index (χ0v) is 10.7. The maximum atomic E-state index is 12.3. The van der Waals surface area contributed by atoms with Gasteiger partial charge in [-0.3, -0.25) is 0 Å². The van der Waals surface area contributed by atoms with Crippen LogP contribution in [0.15, 0.2) is 24.3 Å². The van der Waals surface area contributed by atoms with Crippen molar-refractivity contribution < 1.29 is 17.9 Å². The highest BCUT2D eigenvalue weighted by Gasteiger charge is 2.32. The zero-order chi connectivity index (χ0) is 14.0. The predicted octanol–water partition coefficient (Wildman–Crippen LogP) is 4.02. The van der Waals surface area contributed by atoms with Gasteiger partial charge in [-0.15, -0.1) is 13.2 Å². The SMILES string of the molecule is CC(C)(C)CC(N)c1ccccc1OC(F)(F)F. The van der Waals surface area contributed by atoms with Gasteiger partial charge in [-0.1, -0.05) is 39.0 Å². The Kier molecular flexibility index (Phi) is 4.27. The number of halogens is 3. The van der Waals surface area contributed by atoms with Crippen LogP contribution >= 0.6 is 0 Å². The smallest absolute Gasteiger partial charge is 0.405 e. The molecular weight excluding hydrogens is 243 g/mol. The zero-order valence-electron chi connectivity index (χ0n) is 10.7. The third-order valence-electron chi connectivity index (χ3n) is 2.38. The number of para-hydroxylation sites is 1. The molecule has 18 heavy (non-hydrogen) atoms. The Hall–Kier alpha value is -1.23. The Morgan fingerprint density at radius 2 is 1.72 bits per heavy atom. The molecule has 0 bridgehead atoms. The molecule has 1 atom stereocenters. The van der Waals surface area contributed by atoms with E-state index in [0.717, 1.165) is 0 Å². The number of nitrogens with two attached hydrogens (primary N) is 1. The van der Waals surface area contributed by atoms with Gasteiger partial charge < -0.3 is 10.5 Å². The van der Waals surface area contributed by atoms with E-state index in [9.17, 15) is 13.2 Å². The van der Waals surface area contributed by atoms with Gasteiger partial charge in [0, 0.05) is 11.6 Å². The second-order valence-corrected chi connectivity index (χ2v) is 5.46. The Bertz CT molecular complexity index is 396. The molecule has 1 aromatic carbocycles. The molecule has 0 aliphatic rings. The minimum Gasteiger partial charge on any atom is -0.405 e. The van der Waals surface area contributed by atoms with Crippen molar-refractivity contribution in [3.63, 3.8) is 0 Å². The summed E-state index contributed by atoms with van der Waals surface area (Å²) in [5.41, 5.74) is 6.27. The highest BCUT2D eigenvalue weighted by molar-refractivity contribution is 5.36. The molecule has 0 fully saturated rings. The van der Waals surface area contributed by atoms with E-state index in [1.807, 2.05) is 20.8 Å². The van der Waals surface area contributed by atoms with Crippen molar-refractivity contribution in [3.8, 4) is 5.75 Å². The summed E-state index contributed by atoms with van der Waals surface area (Å²) in [4.78, 5) is 0. The normalized spacial score (nSPS) is 14.4. The number of hydrogen-bond acceptors (Lipinski definition) is 2. The molecule has 0 heterocycles. The molecule has 0 radical (unpaired) electrons. The highest BCUT2D eigenvalue weighted by atomic mass is 19.4. The Balaban J connectivity index is 2.95. The van der Waals surface area contributed by atoms with Crippen LogP contribution in [0.3, 0.4) is 0 Å². The van der Waals surface area contributed by atoms with Crippen molar-refractivity contribution in [2.45, 2.75) is 39.6 Å². The number of hydrogen-bond donors (Lipinski definition) is 1. The second kappa shape index (κ2) is 5.18. The van der Waals surface area contributed by atoms with Crippen molar-refractivity contribution in [1.29, 1.82) is 0 Å². The molecule has 1 rings (SSSR count). The topological polar surface area (TPSA) is 35.2 Å². The molecule has 1 unspecified atom stereocenters. The molecular formula is C13H18F3NO. The molecule has 1 aromatic rings. The summed E-state index contributed by atoms with van der Waals surface area (Å²) < 4.78 is 40.8. The number of ether oxygens (including phenoxy) is 1. The van der Waals surface area contributed by atoms with Gasteiger partial charge >= 0.3 is 6.36 Å². The van der Waals surface area contributed by atoms with Crippen molar-refractivity contribution in [1.82, 2.24) is 0 Å². The van der Waals surface area contributed by atoms with Crippen LogP contribution in [0.25, 0.3) is 0 Å². The average Bonchev–Trinajstić information content (AvgIpc) is 2.12. The van der Waals surface area contributed by atoms with Gasteiger partial charge in [-0.2, -0.15) is 0 Å². The lowest BCUT2D eigenvalue weighted by molar-refractivity contribution is -0.275. The minimum atomic E-state index is -4.70. The fourth-order valence-electron chi connectivity index (χ4n) is 1.77. The van der Waals surface area contributed by atoms with Crippen LogP contribution in [0, 0.1) is 5.41 Å². The van der Waals surface area contributed by atoms with Gasteiger partial charge in [-0.05, 0) is 17.9 Å². The van der Waals surface area contributed by atoms with Gasteiger partial charge in [0.15, 0.2) is 0 Å². The lowest BCUT2D eigenvalue weighted by Gasteiger charge is -2.25. The Morgan fingerprint density at radius 1 is 1.17 bits per heavy atom. The first-order valence-electron chi connectivity index (χ1n) is 5.69. The van der Waals surface area contributed by atoms with Gasteiger partial charge in [0.2, 0.25) is 0 Å². The summed E-state index contributed by atoms with van der Waals surface area (Å²) in [5.74, 6) is -0.221. The average molecular weight is 261 g/mol. The summed E-state index contributed by atoms with van der Waals surface area (Å²) in [5, 5.41) is 0. The van der Waals surface area contributed by atoms with Crippen LogP contribution in [0.5, 0.6) is 5.75 Å². The van der Waals surface area contributed by atoms with Crippen LogP contribution in [0.2, 0.25) is 0 Å². The molecule has 2 nitrogen and oxygen atoms in total. The van der Waals surface area contributed by atoms with E-state index in [-0.39, 0.29) is 11.2 Å². The molecule has 0 amide bonds. The lowest BCUT2D eigenvalue weighted by atomic mass is 9.85. The minimum absolute atomic E-state index is 0.0647. The van der Waals surface area contributed by atoms with E-state index in [1.54, 1.807) is 12.1 Å². The lowest BCUT2D eigenvalue weighted by Crippen LogP contribution is -2.22. The molecule has 5 heteroatoms. The van der Waals surface area contributed by atoms with Crippen LogP contribution < -0.4 is 10.5 Å². The van der Waals surface area contributed by atoms with E-state index in [4.69, 9.17) is 5.73 Å². The largest absolute Gasteiger partial charge is 0.573 e. The third-order valence-corrected chi connectivity index (χ3v) is 2.38. The van der Waals surface area contributed by atoms with Crippen LogP contribution in [-0.4, -0.2) is 6.36 Å². The summed E-state index contributed by atoms with van der Waals surface area (Å²) in [6.07, 6.45) is -4.12. The van der Waals surface area contributed by atoms with E-state index >= 15 is 0 Å². The quantitative estimate of drug-likeness (QED) is 0.891. The number of rotatable bonds is 3. The molecule has 0 aromatic heterocycles. The van der Waals surface area contributed by atoms with Crippen LogP contribution in [-0.2, 0) is 0 Å². The van der Waals surface area contributed by atoms with Crippen molar-refractivity contribution in [2.24, 2.45) is 11.1 Å². The second-order valence-electron chi connectivity index (χ2n) is 5.46. The van der Waals surface area contributed by atoms with Crippen LogP contribution in [0.1, 0.15) is 38.8 Å². The van der Waals surface area contributed by atoms with Gasteiger partial charge in [0.1, 0.15) is 5.75 Å². The summed E-state index contributed by atoms with van der Waals surface area (Å²) in [6.45, 7) is 5.96. The third kappa shape index (κ3) is 4.96. The first-order chi connectivity index (χ1) is 8.08. The fourth-order valence-corrected chi connectivity index (χ4v) is 1.77. The van der Waals surface area contributed by atoms with E-state index < -0.39 is 12.4 Å². The van der Waals surface area contributed by atoms with Crippen molar-refractivity contribution in [2.75, 3.05) is 0 Å². The number of benzene rings is 1. The molecule has 0 saturated carbocycles. The summed E-state index contributed by atoms with van der Waals surface area (Å²) in [7, 11) is 0. The monoisotopic (exact) mass is 261 g/mol. The molecule has 102 valence electrons. The van der Waals surface area contributed by atoms with Gasteiger partial charge in [0.25, 0.3) is 0 Å². The first kappa shape index (κ1) is 14.8.